The average Bonchev–Trinajstić information content (AvgIpc) is 1.85. The summed E-state index contributed by atoms with van der Waals surface area (Å²) in [7, 11) is -3.91. The molecule has 0 aromatic rings. The monoisotopic (exact) mass is 202 g/mol. The second kappa shape index (κ2) is 6.80. The van der Waals surface area contributed by atoms with Crippen molar-refractivity contribution >= 4 is 45.5 Å². The van der Waals surface area contributed by atoms with Gasteiger partial charge in [-0.05, 0) is 12.5 Å². The van der Waals surface area contributed by atoms with Crippen LogP contribution in [0.15, 0.2) is 12.7 Å². The molecule has 0 radical (unpaired) electrons. The number of ketones is 1. The first-order valence-electron chi connectivity index (χ1n) is 3.06. The van der Waals surface area contributed by atoms with Gasteiger partial charge in [0.25, 0.3) is 10.1 Å². The Morgan fingerprint density at radius 3 is 2.33 bits per heavy atom. The molecule has 12 heavy (non-hydrogen) atoms. The molecule has 0 saturated heterocycles. The molecule has 0 aliphatic heterocycles. The van der Waals surface area contributed by atoms with Gasteiger partial charge in [-0.3, -0.25) is 9.35 Å². The van der Waals surface area contributed by atoms with Gasteiger partial charge in [0, 0.05) is 6.42 Å². The molecule has 0 unspecified atom stereocenters. The molecule has 0 atom stereocenters. The standard InChI is InChI=1S/C6H10O4S.Na.H/c1-2-6(7)4-3-5-11(8,9)10;;/h2H,1,3-5H2,(H,8,9,10);;. The Bertz CT molecular complexity index is 244. The molecule has 0 aromatic carbocycles. The van der Waals surface area contributed by atoms with Crippen LogP contribution in [0, 0.1) is 0 Å². The summed E-state index contributed by atoms with van der Waals surface area (Å²) in [6.45, 7) is 3.21. The van der Waals surface area contributed by atoms with Gasteiger partial charge in [0.2, 0.25) is 0 Å². The third kappa shape index (κ3) is 10.3. The van der Waals surface area contributed by atoms with E-state index >= 15 is 0 Å². The molecule has 0 saturated carbocycles. The Kier molecular flexibility index (Phi) is 8.39. The summed E-state index contributed by atoms with van der Waals surface area (Å²) >= 11 is 0. The minimum absolute atomic E-state index is 0. The Labute approximate surface area is 94.1 Å². The molecule has 0 bridgehead atoms. The summed E-state index contributed by atoms with van der Waals surface area (Å²) in [5.74, 6) is -0.583. The maximum atomic E-state index is 10.5. The van der Waals surface area contributed by atoms with Gasteiger partial charge in [-0.15, -0.1) is 0 Å². The van der Waals surface area contributed by atoms with E-state index in [9.17, 15) is 13.2 Å². The van der Waals surface area contributed by atoms with E-state index in [2.05, 4.69) is 6.58 Å². The normalized spacial score (nSPS) is 10.1. The van der Waals surface area contributed by atoms with Gasteiger partial charge in [0.05, 0.1) is 5.75 Å². The Hall–Kier alpha value is 0.320. The number of rotatable bonds is 5. The fourth-order valence-corrected chi connectivity index (χ4v) is 1.04. The molecule has 4 nitrogen and oxygen atoms in total. The Morgan fingerprint density at radius 1 is 1.50 bits per heavy atom. The Balaban J connectivity index is 0. The molecule has 0 aliphatic carbocycles. The molecule has 0 heterocycles. The van der Waals surface area contributed by atoms with Crippen LogP contribution in [0.3, 0.4) is 0 Å². The molecule has 6 heteroatoms. The fraction of sp³-hybridized carbons (Fsp3) is 0.500. The van der Waals surface area contributed by atoms with E-state index in [0.717, 1.165) is 6.08 Å². The Morgan fingerprint density at radius 2 is 2.00 bits per heavy atom. The van der Waals surface area contributed by atoms with E-state index in [0.29, 0.717) is 0 Å². The average molecular weight is 202 g/mol. The number of hydrogen-bond donors (Lipinski definition) is 1. The van der Waals surface area contributed by atoms with Gasteiger partial charge in [0.1, 0.15) is 0 Å². The molecule has 0 spiro atoms. The summed E-state index contributed by atoms with van der Waals surface area (Å²) in [5, 5.41) is 0. The van der Waals surface area contributed by atoms with E-state index in [-0.39, 0.29) is 53.9 Å². The number of carbonyl (C=O) groups excluding carboxylic acids is 1. The maximum absolute atomic E-state index is 10.5. The predicted octanol–water partition coefficient (Wildman–Crippen LogP) is -0.239. The molecule has 0 amide bonds. The predicted molar refractivity (Wildman–Crippen MR) is 48.0 cm³/mol. The van der Waals surface area contributed by atoms with Crippen molar-refractivity contribution in [3.05, 3.63) is 12.7 Å². The van der Waals surface area contributed by atoms with Crippen LogP contribution in [0.5, 0.6) is 0 Å². The van der Waals surface area contributed by atoms with Gasteiger partial charge in [-0.2, -0.15) is 8.42 Å². The van der Waals surface area contributed by atoms with E-state index in [1.165, 1.54) is 0 Å². The van der Waals surface area contributed by atoms with Crippen LogP contribution in [0.2, 0.25) is 0 Å². The number of allylic oxidation sites excluding steroid dienone is 1. The molecule has 0 aromatic heterocycles. The fourth-order valence-electron chi connectivity index (χ4n) is 0.531. The van der Waals surface area contributed by atoms with Crippen molar-refractivity contribution < 1.29 is 17.8 Å². The van der Waals surface area contributed by atoms with E-state index < -0.39 is 10.1 Å². The summed E-state index contributed by atoms with van der Waals surface area (Å²) in [5.41, 5.74) is 0. The SMILES string of the molecule is C=CC(=O)CCCS(=O)(=O)O.[NaH]. The van der Waals surface area contributed by atoms with Gasteiger partial charge in [-0.25, -0.2) is 0 Å². The quantitative estimate of drug-likeness (QED) is 0.379. The zero-order valence-electron chi connectivity index (χ0n) is 5.99. The summed E-state index contributed by atoms with van der Waals surface area (Å²) in [6, 6.07) is 0. The summed E-state index contributed by atoms with van der Waals surface area (Å²) in [4.78, 5) is 10.5. The van der Waals surface area contributed by atoms with Crippen molar-refractivity contribution in [3.63, 3.8) is 0 Å². The van der Waals surface area contributed by atoms with Crippen molar-refractivity contribution in [1.82, 2.24) is 0 Å². The number of carbonyl (C=O) groups is 1. The van der Waals surface area contributed by atoms with Crippen LogP contribution >= 0.6 is 0 Å². The third-order valence-corrected chi connectivity index (χ3v) is 1.86. The van der Waals surface area contributed by atoms with Crippen molar-refractivity contribution in [1.29, 1.82) is 0 Å². The van der Waals surface area contributed by atoms with Crippen LogP contribution in [0.4, 0.5) is 0 Å². The van der Waals surface area contributed by atoms with Crippen molar-refractivity contribution in [2.75, 3.05) is 5.75 Å². The van der Waals surface area contributed by atoms with Crippen LogP contribution in [-0.2, 0) is 14.9 Å². The molecular weight excluding hydrogens is 191 g/mol. The van der Waals surface area contributed by atoms with Gasteiger partial charge >= 0.3 is 29.6 Å². The third-order valence-electron chi connectivity index (χ3n) is 1.05. The molecular formula is C6H11NaO4S. The number of hydrogen-bond acceptors (Lipinski definition) is 3. The minimum atomic E-state index is -3.91. The first kappa shape index (κ1) is 14.8. The second-order valence-corrected chi connectivity index (χ2v) is 3.63. The van der Waals surface area contributed by atoms with E-state index in [1.807, 2.05) is 0 Å². The first-order chi connectivity index (χ1) is 4.95. The van der Waals surface area contributed by atoms with Crippen molar-refractivity contribution in [2.45, 2.75) is 12.8 Å². The van der Waals surface area contributed by atoms with Crippen molar-refractivity contribution in [2.24, 2.45) is 0 Å². The van der Waals surface area contributed by atoms with Gasteiger partial charge in [-0.1, -0.05) is 6.58 Å². The molecule has 0 rings (SSSR count). The first-order valence-corrected chi connectivity index (χ1v) is 4.67. The van der Waals surface area contributed by atoms with E-state index in [4.69, 9.17) is 4.55 Å². The van der Waals surface area contributed by atoms with Crippen molar-refractivity contribution in [3.8, 4) is 0 Å². The molecule has 0 fully saturated rings. The molecule has 0 aliphatic rings. The molecule has 1 N–H and O–H groups in total. The molecule has 66 valence electrons. The van der Waals surface area contributed by atoms with Crippen LogP contribution in [0.1, 0.15) is 12.8 Å². The zero-order valence-corrected chi connectivity index (χ0v) is 6.80. The summed E-state index contributed by atoms with van der Waals surface area (Å²) in [6.07, 6.45) is 1.39. The van der Waals surface area contributed by atoms with E-state index in [1.54, 1.807) is 0 Å². The second-order valence-electron chi connectivity index (χ2n) is 2.06. The zero-order chi connectivity index (χ0) is 8.91. The van der Waals surface area contributed by atoms with Gasteiger partial charge < -0.3 is 0 Å². The van der Waals surface area contributed by atoms with Crippen LogP contribution in [-0.4, -0.2) is 54.1 Å². The van der Waals surface area contributed by atoms with Crippen LogP contribution in [0.25, 0.3) is 0 Å². The topological polar surface area (TPSA) is 71.4 Å². The summed E-state index contributed by atoms with van der Waals surface area (Å²) < 4.78 is 28.5. The van der Waals surface area contributed by atoms with Crippen LogP contribution < -0.4 is 0 Å². The van der Waals surface area contributed by atoms with Gasteiger partial charge in [0.15, 0.2) is 5.78 Å².